The lowest BCUT2D eigenvalue weighted by Crippen LogP contribution is -2.25. The zero-order valence-corrected chi connectivity index (χ0v) is 14.1. The maximum atomic E-state index is 5.73. The Morgan fingerprint density at radius 2 is 1.85 bits per heavy atom. The van der Waals surface area contributed by atoms with E-state index in [1.54, 1.807) is 0 Å². The van der Waals surface area contributed by atoms with E-state index in [-0.39, 0.29) is 0 Å². The topological polar surface area (TPSA) is 12.5 Å². The fourth-order valence-corrected chi connectivity index (χ4v) is 2.85. The van der Waals surface area contributed by atoms with Crippen molar-refractivity contribution in [3.63, 3.8) is 0 Å². The summed E-state index contributed by atoms with van der Waals surface area (Å²) in [5, 5.41) is 0. The normalized spacial score (nSPS) is 19.6. The second-order valence-corrected chi connectivity index (χ2v) is 6.92. The number of allylic oxidation sites excluding steroid dienone is 2. The summed E-state index contributed by atoms with van der Waals surface area (Å²) in [6, 6.07) is 0. The third kappa shape index (κ3) is 8.06. The molecule has 0 radical (unpaired) electrons. The molecule has 1 rings (SSSR count). The molecule has 1 aliphatic carbocycles. The first-order valence-electron chi connectivity index (χ1n) is 8.52. The van der Waals surface area contributed by atoms with Gasteiger partial charge >= 0.3 is 0 Å². The molecule has 20 heavy (non-hydrogen) atoms. The van der Waals surface area contributed by atoms with E-state index in [2.05, 4.69) is 44.9 Å². The highest BCUT2D eigenvalue weighted by molar-refractivity contribution is 5.03. The van der Waals surface area contributed by atoms with E-state index < -0.39 is 0 Å². The summed E-state index contributed by atoms with van der Waals surface area (Å²) >= 11 is 0. The van der Waals surface area contributed by atoms with Crippen LogP contribution in [-0.4, -0.2) is 38.3 Å². The van der Waals surface area contributed by atoms with Gasteiger partial charge in [0.2, 0.25) is 0 Å². The molecule has 0 spiro atoms. The zero-order valence-electron chi connectivity index (χ0n) is 14.1. The standard InChI is InChI=1S/C18H35NO/c1-16(2)15-19(4)12-8-14-20-13-6-5-9-17(3)18-10-7-11-18/h7,10,16-18H,5-6,8-9,11-15H2,1-4H3. The predicted octanol–water partition coefficient (Wildman–Crippen LogP) is 4.36. The number of nitrogens with zero attached hydrogens (tertiary/aromatic N) is 1. The van der Waals surface area contributed by atoms with Gasteiger partial charge < -0.3 is 9.64 Å². The van der Waals surface area contributed by atoms with Crippen LogP contribution < -0.4 is 0 Å². The molecule has 0 aromatic heterocycles. The van der Waals surface area contributed by atoms with Crippen LogP contribution in [-0.2, 0) is 4.74 Å². The molecule has 2 atom stereocenters. The first kappa shape index (κ1) is 17.7. The van der Waals surface area contributed by atoms with Crippen LogP contribution in [0, 0.1) is 17.8 Å². The van der Waals surface area contributed by atoms with Gasteiger partial charge in [-0.05, 0) is 44.1 Å². The molecular formula is C18H35NO. The van der Waals surface area contributed by atoms with Gasteiger partial charge in [0, 0.05) is 26.3 Å². The Morgan fingerprint density at radius 3 is 2.45 bits per heavy atom. The summed E-state index contributed by atoms with van der Waals surface area (Å²) in [6.45, 7) is 11.1. The molecule has 0 heterocycles. The Bertz CT molecular complexity index is 262. The number of hydrogen-bond acceptors (Lipinski definition) is 2. The van der Waals surface area contributed by atoms with Gasteiger partial charge in [-0.3, -0.25) is 0 Å². The molecule has 0 aromatic carbocycles. The van der Waals surface area contributed by atoms with E-state index in [0.717, 1.165) is 43.9 Å². The van der Waals surface area contributed by atoms with Crippen LogP contribution in [0.1, 0.15) is 52.9 Å². The van der Waals surface area contributed by atoms with Gasteiger partial charge in [-0.15, -0.1) is 0 Å². The number of rotatable bonds is 12. The van der Waals surface area contributed by atoms with Gasteiger partial charge in [0.1, 0.15) is 0 Å². The van der Waals surface area contributed by atoms with Crippen molar-refractivity contribution in [2.75, 3.05) is 33.4 Å². The molecule has 2 heteroatoms. The Hall–Kier alpha value is -0.340. The summed E-state index contributed by atoms with van der Waals surface area (Å²) in [5.74, 6) is 2.49. The molecule has 0 saturated carbocycles. The molecule has 2 nitrogen and oxygen atoms in total. The summed E-state index contributed by atoms with van der Waals surface area (Å²) in [4.78, 5) is 2.40. The lowest BCUT2D eigenvalue weighted by atomic mass is 9.81. The highest BCUT2D eigenvalue weighted by Crippen LogP contribution is 2.28. The predicted molar refractivity (Wildman–Crippen MR) is 88.0 cm³/mol. The summed E-state index contributed by atoms with van der Waals surface area (Å²) in [6.07, 6.45) is 11.0. The first-order valence-corrected chi connectivity index (χ1v) is 8.52. The third-order valence-electron chi connectivity index (χ3n) is 4.23. The molecule has 0 saturated heterocycles. The summed E-state index contributed by atoms with van der Waals surface area (Å²) < 4.78 is 5.73. The molecular weight excluding hydrogens is 246 g/mol. The fourth-order valence-electron chi connectivity index (χ4n) is 2.85. The van der Waals surface area contributed by atoms with Crippen molar-refractivity contribution < 1.29 is 4.74 Å². The Balaban J connectivity index is 1.81. The molecule has 0 amide bonds. The molecule has 0 aromatic rings. The van der Waals surface area contributed by atoms with Crippen LogP contribution in [0.4, 0.5) is 0 Å². The lowest BCUT2D eigenvalue weighted by molar-refractivity contribution is 0.117. The van der Waals surface area contributed by atoms with E-state index in [0.29, 0.717) is 0 Å². The second-order valence-electron chi connectivity index (χ2n) is 6.92. The van der Waals surface area contributed by atoms with E-state index in [4.69, 9.17) is 4.74 Å². The van der Waals surface area contributed by atoms with Crippen molar-refractivity contribution in [2.45, 2.75) is 52.9 Å². The zero-order chi connectivity index (χ0) is 14.8. The van der Waals surface area contributed by atoms with E-state index in [1.165, 1.54) is 32.2 Å². The van der Waals surface area contributed by atoms with Crippen LogP contribution >= 0.6 is 0 Å². The smallest absolute Gasteiger partial charge is 0.0478 e. The van der Waals surface area contributed by atoms with Crippen LogP contribution in [0.15, 0.2) is 12.2 Å². The van der Waals surface area contributed by atoms with Crippen molar-refractivity contribution in [3.8, 4) is 0 Å². The SMILES string of the molecule is CC(C)CN(C)CCCOCCCCC(C)C1C=CC1. The van der Waals surface area contributed by atoms with Gasteiger partial charge in [0.25, 0.3) is 0 Å². The number of unbranched alkanes of at least 4 members (excludes halogenated alkanes) is 1. The molecule has 0 aliphatic heterocycles. The minimum Gasteiger partial charge on any atom is -0.381 e. The van der Waals surface area contributed by atoms with Crippen LogP contribution in [0.2, 0.25) is 0 Å². The molecule has 118 valence electrons. The van der Waals surface area contributed by atoms with Gasteiger partial charge in [-0.25, -0.2) is 0 Å². The van der Waals surface area contributed by atoms with Gasteiger partial charge in [-0.2, -0.15) is 0 Å². The highest BCUT2D eigenvalue weighted by Gasteiger charge is 2.17. The third-order valence-corrected chi connectivity index (χ3v) is 4.23. The lowest BCUT2D eigenvalue weighted by Gasteiger charge is -2.24. The minimum absolute atomic E-state index is 0.758. The van der Waals surface area contributed by atoms with Crippen molar-refractivity contribution in [1.29, 1.82) is 0 Å². The minimum atomic E-state index is 0.758. The number of ether oxygens (including phenoxy) is 1. The van der Waals surface area contributed by atoms with E-state index in [9.17, 15) is 0 Å². The molecule has 1 aliphatic rings. The summed E-state index contributed by atoms with van der Waals surface area (Å²) in [7, 11) is 2.20. The van der Waals surface area contributed by atoms with Crippen molar-refractivity contribution >= 4 is 0 Å². The van der Waals surface area contributed by atoms with Gasteiger partial charge in [0.05, 0.1) is 0 Å². The summed E-state index contributed by atoms with van der Waals surface area (Å²) in [5.41, 5.74) is 0. The fraction of sp³-hybridized carbons (Fsp3) is 0.889. The maximum Gasteiger partial charge on any atom is 0.0478 e. The van der Waals surface area contributed by atoms with Crippen molar-refractivity contribution in [3.05, 3.63) is 12.2 Å². The Labute approximate surface area is 126 Å². The average molecular weight is 281 g/mol. The van der Waals surface area contributed by atoms with Gasteiger partial charge in [0.15, 0.2) is 0 Å². The largest absolute Gasteiger partial charge is 0.381 e. The van der Waals surface area contributed by atoms with Crippen molar-refractivity contribution in [2.24, 2.45) is 17.8 Å². The average Bonchev–Trinajstić information content (AvgIpc) is 2.29. The molecule has 0 fully saturated rings. The van der Waals surface area contributed by atoms with E-state index in [1.807, 2.05) is 0 Å². The van der Waals surface area contributed by atoms with Crippen molar-refractivity contribution in [1.82, 2.24) is 4.90 Å². The quantitative estimate of drug-likeness (QED) is 0.389. The molecule has 0 N–H and O–H groups in total. The number of hydrogen-bond donors (Lipinski definition) is 0. The first-order chi connectivity index (χ1) is 9.59. The Kier molecular flexibility index (Phi) is 9.21. The Morgan fingerprint density at radius 1 is 1.15 bits per heavy atom. The molecule has 0 bridgehead atoms. The molecule has 2 unspecified atom stereocenters. The van der Waals surface area contributed by atoms with Gasteiger partial charge in [-0.1, -0.05) is 45.8 Å². The van der Waals surface area contributed by atoms with E-state index >= 15 is 0 Å². The highest BCUT2D eigenvalue weighted by atomic mass is 16.5. The monoisotopic (exact) mass is 281 g/mol. The van der Waals surface area contributed by atoms with Crippen LogP contribution in [0.5, 0.6) is 0 Å². The maximum absolute atomic E-state index is 5.73. The second kappa shape index (κ2) is 10.4. The van der Waals surface area contributed by atoms with Crippen LogP contribution in [0.25, 0.3) is 0 Å². The van der Waals surface area contributed by atoms with Crippen LogP contribution in [0.3, 0.4) is 0 Å².